The molecule has 0 atom stereocenters. The Bertz CT molecular complexity index is 915. The number of hydrogen-bond acceptors (Lipinski definition) is 5. The number of sulfonamides is 1. The molecule has 0 radical (unpaired) electrons. The molecule has 0 aliphatic carbocycles. The second-order valence-electron chi connectivity index (χ2n) is 6.99. The Kier molecular flexibility index (Phi) is 8.04. The van der Waals surface area contributed by atoms with Gasteiger partial charge in [-0.3, -0.25) is 9.10 Å². The first kappa shape index (κ1) is 22.7. The number of carbonyl (C=O) groups is 1. The number of rotatable bonds is 10. The highest BCUT2D eigenvalue weighted by atomic mass is 32.2. The molecule has 2 rings (SSSR count). The minimum atomic E-state index is -3.93. The van der Waals surface area contributed by atoms with E-state index >= 15 is 0 Å². The second kappa shape index (κ2) is 10.3. The van der Waals surface area contributed by atoms with Crippen molar-refractivity contribution in [3.63, 3.8) is 0 Å². The molecule has 0 aliphatic rings. The Morgan fingerprint density at radius 3 is 2.38 bits per heavy atom. The number of benzene rings is 2. The van der Waals surface area contributed by atoms with E-state index in [0.29, 0.717) is 23.5 Å². The number of nitrogens with zero attached hydrogens (tertiary/aromatic N) is 2. The molecule has 8 heteroatoms. The second-order valence-corrected chi connectivity index (χ2v) is 8.85. The maximum Gasteiger partial charge on any atom is 0.264 e. The van der Waals surface area contributed by atoms with E-state index < -0.39 is 10.0 Å². The third-order valence-corrected chi connectivity index (χ3v) is 6.16. The van der Waals surface area contributed by atoms with E-state index in [1.165, 1.54) is 13.2 Å². The summed E-state index contributed by atoms with van der Waals surface area (Å²) in [7, 11) is 1.52. The Morgan fingerprint density at radius 2 is 1.79 bits per heavy atom. The minimum absolute atomic E-state index is 0.111. The number of para-hydroxylation sites is 1. The lowest BCUT2D eigenvalue weighted by Gasteiger charge is -2.24. The van der Waals surface area contributed by atoms with Crippen molar-refractivity contribution in [1.29, 1.82) is 0 Å². The molecule has 1 N–H and O–H groups in total. The van der Waals surface area contributed by atoms with Crippen molar-refractivity contribution in [3.05, 3.63) is 54.1 Å². The van der Waals surface area contributed by atoms with Crippen LogP contribution in [0, 0.1) is 6.92 Å². The van der Waals surface area contributed by atoms with Crippen LogP contribution in [0.5, 0.6) is 5.75 Å². The summed E-state index contributed by atoms with van der Waals surface area (Å²) in [6.07, 6.45) is 0.786. The molecule has 0 bridgehead atoms. The number of carbonyl (C=O) groups excluding carboxylic acids is 1. The molecule has 29 heavy (non-hydrogen) atoms. The summed E-state index contributed by atoms with van der Waals surface area (Å²) in [4.78, 5) is 14.6. The van der Waals surface area contributed by atoms with Crippen LogP contribution in [0.4, 0.5) is 5.69 Å². The van der Waals surface area contributed by atoms with Crippen LogP contribution in [0.1, 0.15) is 12.0 Å². The first-order valence-corrected chi connectivity index (χ1v) is 10.8. The van der Waals surface area contributed by atoms with E-state index in [-0.39, 0.29) is 17.3 Å². The zero-order valence-corrected chi connectivity index (χ0v) is 18.2. The molecule has 0 saturated carbocycles. The summed E-state index contributed by atoms with van der Waals surface area (Å²) in [6, 6.07) is 13.3. The maximum absolute atomic E-state index is 13.3. The van der Waals surface area contributed by atoms with E-state index in [1.807, 2.05) is 19.0 Å². The summed E-state index contributed by atoms with van der Waals surface area (Å²) >= 11 is 0. The van der Waals surface area contributed by atoms with E-state index in [9.17, 15) is 13.2 Å². The topological polar surface area (TPSA) is 79.0 Å². The standard InChI is InChI=1S/C21H29N3O4S/c1-17-15-19(11-12-20(17)28-4)29(26,27)24(18-9-6-5-7-10-18)16-21(25)22-13-8-14-23(2)3/h5-7,9-12,15H,8,13-14,16H2,1-4H3,(H,22,25). The normalized spacial score (nSPS) is 11.3. The van der Waals surface area contributed by atoms with Crippen molar-refractivity contribution in [2.75, 3.05) is 45.1 Å². The zero-order valence-electron chi connectivity index (χ0n) is 17.4. The fourth-order valence-electron chi connectivity index (χ4n) is 2.86. The lowest BCUT2D eigenvalue weighted by Crippen LogP contribution is -2.41. The Balaban J connectivity index is 2.26. The van der Waals surface area contributed by atoms with E-state index in [0.717, 1.165) is 17.3 Å². The molecule has 0 unspecified atom stereocenters. The lowest BCUT2D eigenvalue weighted by molar-refractivity contribution is -0.119. The molecule has 7 nitrogen and oxygen atoms in total. The predicted molar refractivity (Wildman–Crippen MR) is 115 cm³/mol. The summed E-state index contributed by atoms with van der Waals surface area (Å²) in [5.41, 5.74) is 1.14. The highest BCUT2D eigenvalue weighted by Crippen LogP contribution is 2.27. The van der Waals surface area contributed by atoms with Crippen LogP contribution in [0.2, 0.25) is 0 Å². The maximum atomic E-state index is 13.3. The van der Waals surface area contributed by atoms with Gasteiger partial charge in [-0.05, 0) is 69.9 Å². The molecular formula is C21H29N3O4S. The predicted octanol–water partition coefficient (Wildman–Crippen LogP) is 2.27. The van der Waals surface area contributed by atoms with E-state index in [1.54, 1.807) is 49.4 Å². The van der Waals surface area contributed by atoms with E-state index in [2.05, 4.69) is 5.32 Å². The van der Waals surface area contributed by atoms with Gasteiger partial charge in [-0.2, -0.15) is 0 Å². The van der Waals surface area contributed by atoms with Crippen LogP contribution in [-0.4, -0.2) is 60.1 Å². The molecule has 2 aromatic carbocycles. The van der Waals surface area contributed by atoms with E-state index in [4.69, 9.17) is 4.74 Å². The largest absolute Gasteiger partial charge is 0.496 e. The van der Waals surface area contributed by atoms with Crippen LogP contribution in [-0.2, 0) is 14.8 Å². The molecule has 0 fully saturated rings. The first-order chi connectivity index (χ1) is 13.8. The molecule has 158 valence electrons. The monoisotopic (exact) mass is 419 g/mol. The fourth-order valence-corrected chi connectivity index (χ4v) is 4.36. The van der Waals surface area contributed by atoms with Gasteiger partial charge in [0, 0.05) is 6.54 Å². The van der Waals surface area contributed by atoms with Gasteiger partial charge < -0.3 is 15.0 Å². The minimum Gasteiger partial charge on any atom is -0.496 e. The van der Waals surface area contributed by atoms with Crippen molar-refractivity contribution < 1.29 is 17.9 Å². The zero-order chi connectivity index (χ0) is 21.4. The third kappa shape index (κ3) is 6.20. The van der Waals surface area contributed by atoms with Gasteiger partial charge >= 0.3 is 0 Å². The van der Waals surface area contributed by atoms with Gasteiger partial charge in [-0.15, -0.1) is 0 Å². The Morgan fingerprint density at radius 1 is 1.10 bits per heavy atom. The molecule has 0 spiro atoms. The Labute approximate surface area is 173 Å². The number of ether oxygens (including phenoxy) is 1. The summed E-state index contributed by atoms with van der Waals surface area (Å²) in [5.74, 6) is 0.260. The van der Waals surface area contributed by atoms with Crippen LogP contribution in [0.25, 0.3) is 0 Å². The number of nitrogens with one attached hydrogen (secondary N) is 1. The average molecular weight is 420 g/mol. The molecule has 0 heterocycles. The quantitative estimate of drug-likeness (QED) is 0.598. The van der Waals surface area contributed by atoms with Gasteiger partial charge in [0.15, 0.2) is 0 Å². The van der Waals surface area contributed by atoms with Gasteiger partial charge in [-0.25, -0.2) is 8.42 Å². The molecule has 0 saturated heterocycles. The van der Waals surface area contributed by atoms with Gasteiger partial charge in [0.05, 0.1) is 17.7 Å². The van der Waals surface area contributed by atoms with Crippen LogP contribution in [0.3, 0.4) is 0 Å². The van der Waals surface area contributed by atoms with Crippen molar-refractivity contribution in [2.45, 2.75) is 18.2 Å². The third-order valence-electron chi connectivity index (χ3n) is 4.39. The lowest BCUT2D eigenvalue weighted by atomic mass is 10.2. The Hall–Kier alpha value is -2.58. The first-order valence-electron chi connectivity index (χ1n) is 9.39. The highest BCUT2D eigenvalue weighted by Gasteiger charge is 2.27. The average Bonchev–Trinajstić information content (AvgIpc) is 2.69. The van der Waals surface area contributed by atoms with Crippen LogP contribution in [0.15, 0.2) is 53.4 Å². The number of anilines is 1. The van der Waals surface area contributed by atoms with Crippen LogP contribution >= 0.6 is 0 Å². The van der Waals surface area contributed by atoms with Crippen LogP contribution < -0.4 is 14.4 Å². The number of methoxy groups -OCH3 is 1. The number of amides is 1. The van der Waals surface area contributed by atoms with Gasteiger partial charge in [0.2, 0.25) is 5.91 Å². The molecule has 0 aliphatic heterocycles. The van der Waals surface area contributed by atoms with Gasteiger partial charge in [0.25, 0.3) is 10.0 Å². The summed E-state index contributed by atoms with van der Waals surface area (Å²) in [5, 5.41) is 2.80. The van der Waals surface area contributed by atoms with Crippen molar-refractivity contribution in [2.24, 2.45) is 0 Å². The van der Waals surface area contributed by atoms with Crippen molar-refractivity contribution in [1.82, 2.24) is 10.2 Å². The molecule has 0 aromatic heterocycles. The van der Waals surface area contributed by atoms with Gasteiger partial charge in [0.1, 0.15) is 12.3 Å². The molecular weight excluding hydrogens is 390 g/mol. The number of aryl methyl sites for hydroxylation is 1. The molecule has 2 aromatic rings. The number of hydrogen-bond donors (Lipinski definition) is 1. The van der Waals surface area contributed by atoms with Gasteiger partial charge in [-0.1, -0.05) is 18.2 Å². The van der Waals surface area contributed by atoms with Crippen molar-refractivity contribution >= 4 is 21.6 Å². The highest BCUT2D eigenvalue weighted by molar-refractivity contribution is 7.92. The SMILES string of the molecule is COc1ccc(S(=O)(=O)N(CC(=O)NCCCN(C)C)c2ccccc2)cc1C. The fraction of sp³-hybridized carbons (Fsp3) is 0.381. The van der Waals surface area contributed by atoms with Crippen molar-refractivity contribution in [3.8, 4) is 5.75 Å². The summed E-state index contributed by atoms with van der Waals surface area (Å²) in [6.45, 7) is 2.81. The smallest absolute Gasteiger partial charge is 0.264 e. The summed E-state index contributed by atoms with van der Waals surface area (Å²) < 4.78 is 33.0. The molecule has 1 amide bonds.